The van der Waals surface area contributed by atoms with Crippen LogP contribution >= 0.6 is 0 Å². The molecule has 2 aliphatic rings. The van der Waals surface area contributed by atoms with Gasteiger partial charge in [-0.2, -0.15) is 0 Å². The molecular weight excluding hydrogens is 330 g/mol. The summed E-state index contributed by atoms with van der Waals surface area (Å²) in [5.41, 5.74) is 1.91. The van der Waals surface area contributed by atoms with Crippen molar-refractivity contribution in [1.82, 2.24) is 19.5 Å². The number of aromatic nitrogens is 2. The molecule has 134 valence electrons. The van der Waals surface area contributed by atoms with Crippen molar-refractivity contribution < 1.29 is 18.1 Å². The molecule has 2 aromatic heterocycles. The Morgan fingerprint density at radius 1 is 1.40 bits per heavy atom. The first-order valence-electron chi connectivity index (χ1n) is 8.35. The van der Waals surface area contributed by atoms with Gasteiger partial charge in [0.05, 0.1) is 24.7 Å². The van der Waals surface area contributed by atoms with Gasteiger partial charge in [0.1, 0.15) is 5.76 Å². The Hall–Kier alpha value is -2.22. The van der Waals surface area contributed by atoms with Crippen LogP contribution in [-0.2, 0) is 24.4 Å². The lowest BCUT2D eigenvalue weighted by atomic mass is 10.0. The van der Waals surface area contributed by atoms with Crippen molar-refractivity contribution in [1.29, 1.82) is 0 Å². The zero-order valence-electron chi connectivity index (χ0n) is 14.0. The van der Waals surface area contributed by atoms with Gasteiger partial charge in [0, 0.05) is 44.1 Å². The van der Waals surface area contributed by atoms with E-state index >= 15 is 0 Å². The van der Waals surface area contributed by atoms with Crippen LogP contribution in [0.3, 0.4) is 0 Å². The number of amides is 1. The first-order chi connectivity index (χ1) is 11.9. The molecule has 25 heavy (non-hydrogen) atoms. The molecule has 6 nitrogen and oxygen atoms in total. The third-order valence-electron chi connectivity index (χ3n) is 4.77. The van der Waals surface area contributed by atoms with Gasteiger partial charge in [0.15, 0.2) is 0 Å². The van der Waals surface area contributed by atoms with Gasteiger partial charge in [0.2, 0.25) is 5.91 Å². The number of fused-ring (bicyclic) bond motifs is 1. The summed E-state index contributed by atoms with van der Waals surface area (Å²) < 4.78 is 33.4. The maximum Gasteiger partial charge on any atom is 0.282 e. The molecule has 1 fully saturated rings. The third kappa shape index (κ3) is 3.30. The Bertz CT molecular complexity index is 777. The zero-order valence-corrected chi connectivity index (χ0v) is 14.0. The molecule has 0 radical (unpaired) electrons. The summed E-state index contributed by atoms with van der Waals surface area (Å²) in [5, 5.41) is 4.02. The molecule has 0 aromatic carbocycles. The normalized spacial score (nSPS) is 23.0. The molecular formula is C17H20F2N4O2. The molecule has 0 aliphatic carbocycles. The SMILES string of the molecule is Cc1cc(CN2Cc3cccn3CC(C(=O)N3CC(F)(F)C3)C2)no1. The molecule has 1 atom stereocenters. The number of carbonyl (C=O) groups is 1. The summed E-state index contributed by atoms with van der Waals surface area (Å²) >= 11 is 0. The summed E-state index contributed by atoms with van der Waals surface area (Å²) in [6, 6.07) is 5.83. The van der Waals surface area contributed by atoms with Crippen molar-refractivity contribution in [3.63, 3.8) is 0 Å². The quantitative estimate of drug-likeness (QED) is 0.848. The number of alkyl halides is 2. The van der Waals surface area contributed by atoms with Gasteiger partial charge < -0.3 is 14.0 Å². The van der Waals surface area contributed by atoms with Crippen LogP contribution in [0.15, 0.2) is 28.9 Å². The first-order valence-corrected chi connectivity index (χ1v) is 8.35. The maximum atomic E-state index is 13.1. The van der Waals surface area contributed by atoms with E-state index in [-0.39, 0.29) is 11.8 Å². The van der Waals surface area contributed by atoms with Gasteiger partial charge in [-0.15, -0.1) is 0 Å². The van der Waals surface area contributed by atoms with Gasteiger partial charge >= 0.3 is 0 Å². The number of halogens is 2. The summed E-state index contributed by atoms with van der Waals surface area (Å²) in [6.07, 6.45) is 1.93. The van der Waals surface area contributed by atoms with E-state index in [1.54, 1.807) is 0 Å². The average molecular weight is 350 g/mol. The van der Waals surface area contributed by atoms with Crippen LogP contribution < -0.4 is 0 Å². The molecule has 2 aliphatic heterocycles. The minimum Gasteiger partial charge on any atom is -0.361 e. The standard InChI is InChI=1S/C17H20F2N4O2/c1-12-5-14(20-25-12)8-21-6-13(7-22-4-2-3-15(22)9-21)16(24)23-10-17(18,19)11-23/h2-5,13H,6-11H2,1H3. The van der Waals surface area contributed by atoms with Crippen LogP contribution in [0.2, 0.25) is 0 Å². The third-order valence-corrected chi connectivity index (χ3v) is 4.77. The molecule has 8 heteroatoms. The molecule has 0 spiro atoms. The Morgan fingerprint density at radius 3 is 2.88 bits per heavy atom. The van der Waals surface area contributed by atoms with Gasteiger partial charge in [-0.25, -0.2) is 8.78 Å². The summed E-state index contributed by atoms with van der Waals surface area (Å²) in [6.45, 7) is 3.15. The van der Waals surface area contributed by atoms with Gasteiger partial charge in [-0.1, -0.05) is 5.16 Å². The fourth-order valence-electron chi connectivity index (χ4n) is 3.60. The highest BCUT2D eigenvalue weighted by Crippen LogP contribution is 2.29. The van der Waals surface area contributed by atoms with Gasteiger partial charge in [0.25, 0.3) is 5.92 Å². The smallest absolute Gasteiger partial charge is 0.282 e. The van der Waals surface area contributed by atoms with Crippen molar-refractivity contribution in [3.05, 3.63) is 41.5 Å². The maximum absolute atomic E-state index is 13.1. The van der Waals surface area contributed by atoms with Crippen molar-refractivity contribution in [2.45, 2.75) is 32.5 Å². The Balaban J connectivity index is 1.52. The van der Waals surface area contributed by atoms with Crippen LogP contribution in [0.5, 0.6) is 0 Å². The second kappa shape index (κ2) is 5.94. The molecule has 2 aromatic rings. The average Bonchev–Trinajstić information content (AvgIpc) is 3.09. The Labute approximate surface area is 144 Å². The fraction of sp³-hybridized carbons (Fsp3) is 0.529. The number of aryl methyl sites for hydroxylation is 1. The van der Waals surface area contributed by atoms with Crippen molar-refractivity contribution >= 4 is 5.91 Å². The lowest BCUT2D eigenvalue weighted by molar-refractivity contribution is -0.170. The molecule has 1 saturated heterocycles. The highest BCUT2D eigenvalue weighted by Gasteiger charge is 2.48. The van der Waals surface area contributed by atoms with Gasteiger partial charge in [-0.3, -0.25) is 9.69 Å². The van der Waals surface area contributed by atoms with E-state index in [0.29, 0.717) is 26.2 Å². The lowest BCUT2D eigenvalue weighted by Crippen LogP contribution is -2.60. The molecule has 4 heterocycles. The van der Waals surface area contributed by atoms with E-state index in [1.165, 1.54) is 4.90 Å². The number of nitrogens with zero attached hydrogens (tertiary/aromatic N) is 4. The number of hydrogen-bond acceptors (Lipinski definition) is 4. The minimum absolute atomic E-state index is 0.200. The van der Waals surface area contributed by atoms with Crippen molar-refractivity contribution in [3.8, 4) is 0 Å². The highest BCUT2D eigenvalue weighted by molar-refractivity contribution is 5.80. The topological polar surface area (TPSA) is 54.5 Å². The largest absolute Gasteiger partial charge is 0.361 e. The molecule has 1 unspecified atom stereocenters. The number of likely N-dealkylation sites (tertiary alicyclic amines) is 1. The molecule has 0 bridgehead atoms. The van der Waals surface area contributed by atoms with E-state index in [2.05, 4.69) is 10.1 Å². The predicted octanol–water partition coefficient (Wildman–Crippen LogP) is 1.89. The first kappa shape index (κ1) is 16.3. The van der Waals surface area contributed by atoms with E-state index in [1.807, 2.05) is 35.9 Å². The predicted molar refractivity (Wildman–Crippen MR) is 84.8 cm³/mol. The second-order valence-electron chi connectivity index (χ2n) is 7.00. The molecule has 0 saturated carbocycles. The van der Waals surface area contributed by atoms with Crippen LogP contribution in [0.1, 0.15) is 17.1 Å². The summed E-state index contributed by atoms with van der Waals surface area (Å²) in [4.78, 5) is 16.1. The Morgan fingerprint density at radius 2 is 2.20 bits per heavy atom. The van der Waals surface area contributed by atoms with Crippen molar-refractivity contribution in [2.75, 3.05) is 19.6 Å². The van der Waals surface area contributed by atoms with Crippen LogP contribution in [0, 0.1) is 12.8 Å². The number of hydrogen-bond donors (Lipinski definition) is 0. The number of carbonyl (C=O) groups excluding carboxylic acids is 1. The van der Waals surface area contributed by atoms with Crippen molar-refractivity contribution in [2.24, 2.45) is 5.92 Å². The fourth-order valence-corrected chi connectivity index (χ4v) is 3.60. The van der Waals surface area contributed by atoms with Crippen LogP contribution in [0.4, 0.5) is 8.78 Å². The highest BCUT2D eigenvalue weighted by atomic mass is 19.3. The van der Waals surface area contributed by atoms with E-state index in [0.717, 1.165) is 17.1 Å². The monoisotopic (exact) mass is 350 g/mol. The lowest BCUT2D eigenvalue weighted by Gasteiger charge is -2.40. The summed E-state index contributed by atoms with van der Waals surface area (Å²) in [5.74, 6) is -2.55. The van der Waals surface area contributed by atoms with Gasteiger partial charge in [-0.05, 0) is 19.1 Å². The Kier molecular flexibility index (Phi) is 3.87. The number of rotatable bonds is 3. The van der Waals surface area contributed by atoms with Crippen LogP contribution in [0.25, 0.3) is 0 Å². The van der Waals surface area contributed by atoms with E-state index in [9.17, 15) is 13.6 Å². The van der Waals surface area contributed by atoms with E-state index in [4.69, 9.17) is 4.52 Å². The zero-order chi connectivity index (χ0) is 17.6. The second-order valence-corrected chi connectivity index (χ2v) is 7.00. The van der Waals surface area contributed by atoms with E-state index < -0.39 is 19.0 Å². The van der Waals surface area contributed by atoms with Crippen LogP contribution in [-0.4, -0.2) is 51.0 Å². The molecule has 1 amide bonds. The molecule has 0 N–H and O–H groups in total. The minimum atomic E-state index is -2.74. The summed E-state index contributed by atoms with van der Waals surface area (Å²) in [7, 11) is 0. The molecule has 4 rings (SSSR count).